The maximum atomic E-state index is 4.90. The third-order valence-corrected chi connectivity index (χ3v) is 9.82. The van der Waals surface area contributed by atoms with E-state index in [-0.39, 0.29) is 5.41 Å². The largest absolute Gasteiger partial charge is 0.369 e. The summed E-state index contributed by atoms with van der Waals surface area (Å²) in [6.45, 7) is 8.37. The zero-order valence-electron chi connectivity index (χ0n) is 22.7. The lowest BCUT2D eigenvalue weighted by molar-refractivity contribution is 0.0291. The van der Waals surface area contributed by atoms with E-state index < -0.39 is 0 Å². The lowest BCUT2D eigenvalue weighted by atomic mass is 9.58. The second-order valence-electron chi connectivity index (χ2n) is 12.1. The Labute approximate surface area is 226 Å². The van der Waals surface area contributed by atoms with Gasteiger partial charge in [0.05, 0.1) is 5.52 Å². The van der Waals surface area contributed by atoms with E-state index in [9.17, 15) is 0 Å². The first-order valence-corrected chi connectivity index (χ1v) is 14.5. The Kier molecular flexibility index (Phi) is 5.96. The number of likely N-dealkylation sites (tertiary alicyclic amines) is 1. The summed E-state index contributed by atoms with van der Waals surface area (Å²) >= 11 is 0. The summed E-state index contributed by atoms with van der Waals surface area (Å²) in [5, 5.41) is 4.81. The molecule has 1 saturated heterocycles. The van der Waals surface area contributed by atoms with Crippen LogP contribution in [0.4, 0.5) is 5.82 Å². The topological polar surface area (TPSA) is 41.1 Å². The molecule has 4 nitrogen and oxygen atoms in total. The van der Waals surface area contributed by atoms with E-state index in [1.165, 1.54) is 60.2 Å². The summed E-state index contributed by atoms with van der Waals surface area (Å²) in [5.41, 5.74) is 8.18. The molecule has 2 aliphatic carbocycles. The third kappa shape index (κ3) is 4.19. The molecule has 3 aromatic carbocycles. The van der Waals surface area contributed by atoms with Crippen LogP contribution in [0.3, 0.4) is 0 Å². The molecule has 1 saturated carbocycles. The Balaban J connectivity index is 1.11. The van der Waals surface area contributed by atoms with E-state index in [1.54, 1.807) is 6.33 Å². The van der Waals surface area contributed by atoms with Gasteiger partial charge < -0.3 is 5.32 Å². The SMILES string of the molecule is C[C@H]1C2Cc3ccc4c(NCCc5ccc(-c6ccccc6)cc5)ncnc4c3[C@@]1(C)CCN2CC1CC1. The molecule has 1 N–H and O–H groups in total. The minimum Gasteiger partial charge on any atom is -0.369 e. The molecule has 194 valence electrons. The number of hydrogen-bond acceptors (Lipinski definition) is 4. The molecule has 2 heterocycles. The smallest absolute Gasteiger partial charge is 0.137 e. The van der Waals surface area contributed by atoms with Crippen molar-refractivity contribution in [2.75, 3.05) is 25.0 Å². The Morgan fingerprint density at radius 1 is 0.947 bits per heavy atom. The van der Waals surface area contributed by atoms with Gasteiger partial charge in [0.2, 0.25) is 0 Å². The molecule has 0 amide bonds. The predicted molar refractivity (Wildman–Crippen MR) is 157 cm³/mol. The number of rotatable bonds is 7. The number of anilines is 1. The van der Waals surface area contributed by atoms with Crippen LogP contribution in [0.1, 0.15) is 49.8 Å². The number of piperidine rings is 1. The van der Waals surface area contributed by atoms with Crippen molar-refractivity contribution >= 4 is 16.7 Å². The molecule has 1 aliphatic heterocycles. The van der Waals surface area contributed by atoms with Crippen LogP contribution in [0, 0.1) is 11.8 Å². The number of nitrogens with one attached hydrogen (secondary N) is 1. The van der Waals surface area contributed by atoms with Gasteiger partial charge in [0.25, 0.3) is 0 Å². The number of aromatic nitrogens is 2. The Morgan fingerprint density at radius 3 is 2.53 bits per heavy atom. The molecular formula is C34H38N4. The first kappa shape index (κ1) is 23.8. The van der Waals surface area contributed by atoms with Crippen LogP contribution in [0.15, 0.2) is 73.1 Å². The van der Waals surface area contributed by atoms with E-state index >= 15 is 0 Å². The van der Waals surface area contributed by atoms with Gasteiger partial charge in [-0.05, 0) is 84.4 Å². The maximum absolute atomic E-state index is 4.90. The van der Waals surface area contributed by atoms with Crippen molar-refractivity contribution in [2.45, 2.75) is 57.4 Å². The lowest BCUT2D eigenvalue weighted by Crippen LogP contribution is -2.58. The van der Waals surface area contributed by atoms with Crippen molar-refractivity contribution in [2.24, 2.45) is 11.8 Å². The molecule has 1 unspecified atom stereocenters. The fourth-order valence-electron chi connectivity index (χ4n) is 7.19. The van der Waals surface area contributed by atoms with Crippen LogP contribution in [-0.2, 0) is 18.3 Å². The lowest BCUT2D eigenvalue weighted by Gasteiger charge is -2.55. The maximum Gasteiger partial charge on any atom is 0.137 e. The Bertz CT molecular complexity index is 1440. The van der Waals surface area contributed by atoms with Crippen molar-refractivity contribution < 1.29 is 0 Å². The van der Waals surface area contributed by atoms with E-state index in [0.717, 1.165) is 42.0 Å². The summed E-state index contributed by atoms with van der Waals surface area (Å²) in [6.07, 6.45) is 7.96. The van der Waals surface area contributed by atoms with Gasteiger partial charge in [-0.15, -0.1) is 0 Å². The minimum atomic E-state index is 0.171. The summed E-state index contributed by atoms with van der Waals surface area (Å²) in [6, 6.07) is 24.8. The fourth-order valence-corrected chi connectivity index (χ4v) is 7.19. The van der Waals surface area contributed by atoms with Crippen molar-refractivity contribution in [3.63, 3.8) is 0 Å². The van der Waals surface area contributed by atoms with E-state index in [1.807, 2.05) is 0 Å². The summed E-state index contributed by atoms with van der Waals surface area (Å²) < 4.78 is 0. The van der Waals surface area contributed by atoms with Crippen molar-refractivity contribution in [1.29, 1.82) is 0 Å². The van der Waals surface area contributed by atoms with Gasteiger partial charge in [0.15, 0.2) is 0 Å². The summed E-state index contributed by atoms with van der Waals surface area (Å²) in [4.78, 5) is 12.4. The molecular weight excluding hydrogens is 464 g/mol. The molecule has 0 spiro atoms. The van der Waals surface area contributed by atoms with E-state index in [2.05, 4.69) is 95.8 Å². The van der Waals surface area contributed by atoms with Gasteiger partial charge in [0, 0.05) is 29.9 Å². The highest BCUT2D eigenvalue weighted by Gasteiger charge is 2.50. The highest BCUT2D eigenvalue weighted by Crippen LogP contribution is 2.51. The van der Waals surface area contributed by atoms with Gasteiger partial charge in [-0.1, -0.05) is 74.5 Å². The van der Waals surface area contributed by atoms with E-state index in [4.69, 9.17) is 4.98 Å². The zero-order valence-corrected chi connectivity index (χ0v) is 22.7. The normalized spacial score (nSPS) is 24.8. The van der Waals surface area contributed by atoms with Gasteiger partial charge in [0.1, 0.15) is 12.1 Å². The van der Waals surface area contributed by atoms with Crippen molar-refractivity contribution in [3.8, 4) is 11.1 Å². The van der Waals surface area contributed by atoms with E-state index in [0.29, 0.717) is 12.0 Å². The highest BCUT2D eigenvalue weighted by atomic mass is 15.2. The van der Waals surface area contributed by atoms with Crippen LogP contribution in [-0.4, -0.2) is 40.5 Å². The first-order chi connectivity index (χ1) is 18.6. The molecule has 4 heteroatoms. The van der Waals surface area contributed by atoms with Crippen molar-refractivity contribution in [1.82, 2.24) is 14.9 Å². The Morgan fingerprint density at radius 2 is 1.74 bits per heavy atom. The molecule has 3 atom stereocenters. The zero-order chi connectivity index (χ0) is 25.7. The molecule has 3 aliphatic rings. The highest BCUT2D eigenvalue weighted by molar-refractivity contribution is 5.92. The second-order valence-corrected chi connectivity index (χ2v) is 12.1. The van der Waals surface area contributed by atoms with Crippen LogP contribution < -0.4 is 5.32 Å². The molecule has 1 aromatic heterocycles. The fraction of sp³-hybridized carbons (Fsp3) is 0.412. The number of fused-ring (bicyclic) bond motifs is 6. The molecule has 2 fully saturated rings. The average Bonchev–Trinajstić information content (AvgIpc) is 3.77. The monoisotopic (exact) mass is 502 g/mol. The molecule has 2 bridgehead atoms. The average molecular weight is 503 g/mol. The van der Waals surface area contributed by atoms with Gasteiger partial charge in [-0.3, -0.25) is 4.90 Å². The second kappa shape index (κ2) is 9.50. The van der Waals surface area contributed by atoms with Crippen LogP contribution in [0.25, 0.3) is 22.0 Å². The molecule has 7 rings (SSSR count). The van der Waals surface area contributed by atoms with Crippen LogP contribution >= 0.6 is 0 Å². The van der Waals surface area contributed by atoms with Gasteiger partial charge in [-0.25, -0.2) is 9.97 Å². The number of hydrogen-bond donors (Lipinski definition) is 1. The van der Waals surface area contributed by atoms with Crippen molar-refractivity contribution in [3.05, 3.63) is 89.7 Å². The minimum absolute atomic E-state index is 0.171. The first-order valence-electron chi connectivity index (χ1n) is 14.5. The third-order valence-electron chi connectivity index (χ3n) is 9.82. The van der Waals surface area contributed by atoms with Gasteiger partial charge >= 0.3 is 0 Å². The predicted octanol–water partition coefficient (Wildman–Crippen LogP) is 6.89. The molecule has 4 aromatic rings. The van der Waals surface area contributed by atoms with Crippen LogP contribution in [0.5, 0.6) is 0 Å². The summed E-state index contributed by atoms with van der Waals surface area (Å²) in [5.74, 6) is 2.55. The summed E-state index contributed by atoms with van der Waals surface area (Å²) in [7, 11) is 0. The Hall–Kier alpha value is -3.24. The molecule has 0 radical (unpaired) electrons. The quantitative estimate of drug-likeness (QED) is 0.299. The standard InChI is InChI=1S/C34H38N4/c1-23-30-20-28-14-15-29-32(31(28)34(23,2)17-19-38(30)21-25-8-9-25)36-22-37-33(29)35-18-16-24-10-12-27(13-11-24)26-6-4-3-5-7-26/h3-7,10-15,22-23,25,30H,8-9,16-21H2,1-2H3,(H,35,36,37)/t23-,30?,34-/m0/s1. The number of nitrogens with zero attached hydrogens (tertiary/aromatic N) is 3. The number of benzene rings is 3. The van der Waals surface area contributed by atoms with Crippen LogP contribution in [0.2, 0.25) is 0 Å². The molecule has 38 heavy (non-hydrogen) atoms. The van der Waals surface area contributed by atoms with Gasteiger partial charge in [-0.2, -0.15) is 0 Å².